The number of anilines is 1. The van der Waals surface area contributed by atoms with Crippen molar-refractivity contribution >= 4 is 35.1 Å². The summed E-state index contributed by atoms with van der Waals surface area (Å²) in [7, 11) is 0. The van der Waals surface area contributed by atoms with Crippen molar-refractivity contribution < 1.29 is 18.0 Å². The normalized spacial score (nSPS) is 15.7. The SMILES string of the molecule is O=C(Nc1cc(C(F)(F)F)ccc1Cl)N1CCSC1. The van der Waals surface area contributed by atoms with Gasteiger partial charge in [0.05, 0.1) is 22.2 Å². The highest BCUT2D eigenvalue weighted by Gasteiger charge is 2.31. The van der Waals surface area contributed by atoms with Crippen LogP contribution in [0, 0.1) is 0 Å². The van der Waals surface area contributed by atoms with E-state index in [0.717, 1.165) is 24.0 Å². The molecule has 1 heterocycles. The number of nitrogens with one attached hydrogen (secondary N) is 1. The van der Waals surface area contributed by atoms with Gasteiger partial charge in [-0.25, -0.2) is 4.79 Å². The number of hydrogen-bond acceptors (Lipinski definition) is 2. The summed E-state index contributed by atoms with van der Waals surface area (Å²) in [5, 5.41) is 2.48. The fourth-order valence-electron chi connectivity index (χ4n) is 1.57. The Morgan fingerprint density at radius 2 is 2.16 bits per heavy atom. The number of urea groups is 1. The molecule has 2 amide bonds. The van der Waals surface area contributed by atoms with Crippen molar-refractivity contribution in [2.75, 3.05) is 23.5 Å². The molecule has 104 valence electrons. The molecule has 0 aliphatic carbocycles. The van der Waals surface area contributed by atoms with Crippen LogP contribution in [-0.2, 0) is 6.18 Å². The quantitative estimate of drug-likeness (QED) is 0.853. The Balaban J connectivity index is 2.17. The van der Waals surface area contributed by atoms with Crippen molar-refractivity contribution in [1.82, 2.24) is 4.90 Å². The molecule has 1 aliphatic rings. The monoisotopic (exact) mass is 310 g/mol. The third-order valence-electron chi connectivity index (χ3n) is 2.58. The minimum atomic E-state index is -4.46. The third kappa shape index (κ3) is 3.48. The first kappa shape index (κ1) is 14.3. The summed E-state index contributed by atoms with van der Waals surface area (Å²) < 4.78 is 37.7. The molecule has 0 unspecified atom stereocenters. The highest BCUT2D eigenvalue weighted by Crippen LogP contribution is 2.34. The van der Waals surface area contributed by atoms with Crippen molar-refractivity contribution in [2.45, 2.75) is 6.18 Å². The largest absolute Gasteiger partial charge is 0.416 e. The number of thioether (sulfide) groups is 1. The fraction of sp³-hybridized carbons (Fsp3) is 0.364. The molecular formula is C11H10ClF3N2OS. The molecule has 1 aromatic carbocycles. The Morgan fingerprint density at radius 1 is 1.42 bits per heavy atom. The maximum absolute atomic E-state index is 12.6. The average Bonchev–Trinajstić information content (AvgIpc) is 2.84. The van der Waals surface area contributed by atoms with E-state index in [2.05, 4.69) is 5.32 Å². The molecule has 0 bridgehead atoms. The van der Waals surface area contributed by atoms with Gasteiger partial charge in [0, 0.05) is 12.3 Å². The average molecular weight is 311 g/mol. The first-order valence-electron chi connectivity index (χ1n) is 5.38. The van der Waals surface area contributed by atoms with Gasteiger partial charge in [-0.05, 0) is 18.2 Å². The smallest absolute Gasteiger partial charge is 0.314 e. The van der Waals surface area contributed by atoms with Crippen LogP contribution in [0.15, 0.2) is 18.2 Å². The molecule has 1 aliphatic heterocycles. The van der Waals surface area contributed by atoms with Crippen LogP contribution in [0.5, 0.6) is 0 Å². The summed E-state index contributed by atoms with van der Waals surface area (Å²) in [6.45, 7) is 0.576. The van der Waals surface area contributed by atoms with Gasteiger partial charge >= 0.3 is 12.2 Å². The van der Waals surface area contributed by atoms with E-state index in [0.29, 0.717) is 12.4 Å². The molecule has 19 heavy (non-hydrogen) atoms. The van der Waals surface area contributed by atoms with Gasteiger partial charge in [-0.2, -0.15) is 13.2 Å². The zero-order valence-corrected chi connectivity index (χ0v) is 11.2. The Morgan fingerprint density at radius 3 is 2.74 bits per heavy atom. The van der Waals surface area contributed by atoms with E-state index in [1.165, 1.54) is 4.90 Å². The molecule has 0 radical (unpaired) electrons. The Bertz CT molecular complexity index is 489. The Hall–Kier alpha value is -1.08. The van der Waals surface area contributed by atoms with Gasteiger partial charge in [-0.3, -0.25) is 0 Å². The van der Waals surface area contributed by atoms with Crippen LogP contribution < -0.4 is 5.32 Å². The molecule has 1 N–H and O–H groups in total. The van der Waals surface area contributed by atoms with Gasteiger partial charge < -0.3 is 10.2 Å². The number of benzene rings is 1. The molecule has 1 fully saturated rings. The van der Waals surface area contributed by atoms with Crippen LogP contribution >= 0.6 is 23.4 Å². The second kappa shape index (κ2) is 5.50. The number of carbonyl (C=O) groups is 1. The van der Waals surface area contributed by atoms with Gasteiger partial charge in [0.2, 0.25) is 0 Å². The predicted octanol–water partition coefficient (Wildman–Crippen LogP) is 3.90. The summed E-state index contributed by atoms with van der Waals surface area (Å²) in [4.78, 5) is 13.3. The van der Waals surface area contributed by atoms with E-state index in [4.69, 9.17) is 11.6 Å². The van der Waals surface area contributed by atoms with Crippen LogP contribution in [0.4, 0.5) is 23.7 Å². The lowest BCUT2D eigenvalue weighted by Gasteiger charge is -2.17. The fourth-order valence-corrected chi connectivity index (χ4v) is 2.68. The van der Waals surface area contributed by atoms with Crippen LogP contribution in [0.2, 0.25) is 5.02 Å². The molecule has 0 spiro atoms. The molecule has 0 atom stereocenters. The predicted molar refractivity (Wildman–Crippen MR) is 69.5 cm³/mol. The molecular weight excluding hydrogens is 301 g/mol. The topological polar surface area (TPSA) is 32.3 Å². The molecule has 1 saturated heterocycles. The summed E-state index contributed by atoms with van der Waals surface area (Å²) in [6, 6.07) is 2.40. The Kier molecular flexibility index (Phi) is 4.15. The number of rotatable bonds is 1. The number of alkyl halides is 3. The summed E-state index contributed by atoms with van der Waals surface area (Å²) in [5.41, 5.74) is -0.874. The zero-order valence-electron chi connectivity index (χ0n) is 9.63. The van der Waals surface area contributed by atoms with Crippen molar-refractivity contribution in [1.29, 1.82) is 0 Å². The first-order valence-corrected chi connectivity index (χ1v) is 6.91. The highest BCUT2D eigenvalue weighted by atomic mass is 35.5. The van der Waals surface area contributed by atoms with Crippen molar-refractivity contribution in [3.05, 3.63) is 28.8 Å². The Labute approximate surface area is 117 Å². The van der Waals surface area contributed by atoms with E-state index in [1.54, 1.807) is 11.8 Å². The van der Waals surface area contributed by atoms with Crippen molar-refractivity contribution in [3.63, 3.8) is 0 Å². The number of carbonyl (C=O) groups excluding carboxylic acids is 1. The van der Waals surface area contributed by atoms with E-state index in [1.807, 2.05) is 0 Å². The second-order valence-corrected chi connectivity index (χ2v) is 5.41. The zero-order chi connectivity index (χ0) is 14.0. The maximum Gasteiger partial charge on any atom is 0.416 e. The first-order chi connectivity index (χ1) is 8.88. The molecule has 8 heteroatoms. The van der Waals surface area contributed by atoms with Gasteiger partial charge in [0.25, 0.3) is 0 Å². The van der Waals surface area contributed by atoms with Crippen LogP contribution in [-0.4, -0.2) is 29.1 Å². The van der Waals surface area contributed by atoms with E-state index < -0.39 is 17.8 Å². The second-order valence-electron chi connectivity index (χ2n) is 3.92. The van der Waals surface area contributed by atoms with Crippen molar-refractivity contribution in [3.8, 4) is 0 Å². The summed E-state index contributed by atoms with van der Waals surface area (Å²) in [6.07, 6.45) is -4.46. The number of nitrogens with zero attached hydrogens (tertiary/aromatic N) is 1. The highest BCUT2D eigenvalue weighted by molar-refractivity contribution is 7.99. The molecule has 1 aromatic rings. The number of amides is 2. The van der Waals surface area contributed by atoms with Gasteiger partial charge in [-0.15, -0.1) is 11.8 Å². The molecule has 2 rings (SSSR count). The lowest BCUT2D eigenvalue weighted by molar-refractivity contribution is -0.137. The van der Waals surface area contributed by atoms with Gasteiger partial charge in [0.15, 0.2) is 0 Å². The minimum Gasteiger partial charge on any atom is -0.314 e. The lowest BCUT2D eigenvalue weighted by Crippen LogP contribution is -2.32. The van der Waals surface area contributed by atoms with E-state index >= 15 is 0 Å². The van der Waals surface area contributed by atoms with Crippen LogP contribution in [0.1, 0.15) is 5.56 Å². The minimum absolute atomic E-state index is 0.0293. The van der Waals surface area contributed by atoms with Gasteiger partial charge in [0.1, 0.15) is 0 Å². The summed E-state index contributed by atoms with van der Waals surface area (Å²) in [5.74, 6) is 1.35. The van der Waals surface area contributed by atoms with Crippen LogP contribution in [0.3, 0.4) is 0 Å². The molecule has 3 nitrogen and oxygen atoms in total. The number of hydrogen-bond donors (Lipinski definition) is 1. The molecule has 0 saturated carbocycles. The third-order valence-corrected chi connectivity index (χ3v) is 3.87. The van der Waals surface area contributed by atoms with Crippen molar-refractivity contribution in [2.24, 2.45) is 0 Å². The maximum atomic E-state index is 12.6. The van der Waals surface area contributed by atoms with E-state index in [-0.39, 0.29) is 10.7 Å². The van der Waals surface area contributed by atoms with E-state index in [9.17, 15) is 18.0 Å². The number of halogens is 4. The van der Waals surface area contributed by atoms with Gasteiger partial charge in [-0.1, -0.05) is 11.6 Å². The summed E-state index contributed by atoms with van der Waals surface area (Å²) >= 11 is 7.38. The van der Waals surface area contributed by atoms with Crippen LogP contribution in [0.25, 0.3) is 0 Å². The lowest BCUT2D eigenvalue weighted by atomic mass is 10.2. The standard InChI is InChI=1S/C11H10ClF3N2OS/c12-8-2-1-7(11(13,14)15)5-9(8)16-10(18)17-3-4-19-6-17/h1-2,5H,3-4,6H2,(H,16,18). The molecule has 0 aromatic heterocycles.